The first-order valence-corrected chi connectivity index (χ1v) is 9.71. The van der Waals surface area contributed by atoms with Gasteiger partial charge in [-0.15, -0.1) is 0 Å². The topological polar surface area (TPSA) is 29.1 Å². The average Bonchev–Trinajstić information content (AvgIpc) is 2.68. The lowest BCUT2D eigenvalue weighted by Crippen LogP contribution is -2.16. The molecule has 0 heterocycles. The first-order chi connectivity index (χ1) is 13.4. The number of carbonyl (C=O) groups excluding carboxylic acids is 1. The lowest BCUT2D eigenvalue weighted by Gasteiger charge is -2.21. The van der Waals surface area contributed by atoms with Crippen LogP contribution in [0.2, 0.25) is 5.02 Å². The van der Waals surface area contributed by atoms with E-state index in [1.54, 1.807) is 0 Å². The molecule has 0 amide bonds. The van der Waals surface area contributed by atoms with Gasteiger partial charge >= 0.3 is 0 Å². The fourth-order valence-corrected chi connectivity index (χ4v) is 3.27. The quantitative estimate of drug-likeness (QED) is 0.435. The van der Waals surface area contributed by atoms with E-state index in [-0.39, 0.29) is 24.1 Å². The number of anilines is 1. The zero-order valence-electron chi connectivity index (χ0n) is 16.0. The maximum Gasteiger partial charge on any atom is 0.165 e. The third-order valence-corrected chi connectivity index (χ3v) is 4.96. The van der Waals surface area contributed by atoms with E-state index >= 15 is 0 Å². The molecule has 0 spiro atoms. The largest absolute Gasteiger partial charge is 0.378 e. The highest BCUT2D eigenvalue weighted by atomic mass is 35.5. The van der Waals surface area contributed by atoms with Crippen LogP contribution in [0.5, 0.6) is 0 Å². The highest BCUT2D eigenvalue weighted by Crippen LogP contribution is 2.27. The predicted octanol–water partition coefficient (Wildman–Crippen LogP) is 7.03. The second-order valence-electron chi connectivity index (χ2n) is 7.16. The van der Waals surface area contributed by atoms with Gasteiger partial charge in [0.1, 0.15) is 5.82 Å². The van der Waals surface area contributed by atoms with Crippen LogP contribution in [-0.2, 0) is 0 Å². The van der Waals surface area contributed by atoms with E-state index in [4.69, 9.17) is 11.6 Å². The van der Waals surface area contributed by atoms with Crippen LogP contribution >= 0.6 is 11.6 Å². The second-order valence-corrected chi connectivity index (χ2v) is 7.60. The van der Waals surface area contributed by atoms with Gasteiger partial charge in [0, 0.05) is 22.7 Å². The third kappa shape index (κ3) is 5.20. The second kappa shape index (κ2) is 9.03. The van der Waals surface area contributed by atoms with Crippen molar-refractivity contribution in [1.82, 2.24) is 0 Å². The summed E-state index contributed by atoms with van der Waals surface area (Å²) in [5, 5.41) is 4.05. The molecule has 0 saturated carbocycles. The predicted molar refractivity (Wildman–Crippen MR) is 114 cm³/mol. The molecule has 3 aromatic rings. The summed E-state index contributed by atoms with van der Waals surface area (Å²) in [6.45, 7) is 4.30. The van der Waals surface area contributed by atoms with E-state index in [0.717, 1.165) is 11.3 Å². The number of rotatable bonds is 7. The van der Waals surface area contributed by atoms with Crippen molar-refractivity contribution in [2.75, 3.05) is 5.32 Å². The summed E-state index contributed by atoms with van der Waals surface area (Å²) < 4.78 is 13.2. The van der Waals surface area contributed by atoms with Gasteiger partial charge in [-0.1, -0.05) is 55.8 Å². The smallest absolute Gasteiger partial charge is 0.165 e. The molecule has 0 saturated heterocycles. The fraction of sp³-hybridized carbons (Fsp3) is 0.208. The molecule has 144 valence electrons. The highest BCUT2D eigenvalue weighted by molar-refractivity contribution is 6.30. The summed E-state index contributed by atoms with van der Waals surface area (Å²) in [5.74, 6) is 0.0381. The van der Waals surface area contributed by atoms with Crippen molar-refractivity contribution < 1.29 is 9.18 Å². The van der Waals surface area contributed by atoms with Crippen LogP contribution in [0.1, 0.15) is 53.7 Å². The molecule has 0 aliphatic carbocycles. The standard InChI is InChI=1S/C24H23ClFNO/c1-16(2)17-6-8-18(9-7-17)23(27-22-5-3-4-20(25)14-22)15-24(28)19-10-12-21(26)13-11-19/h3-14,16,23,27H,15H2,1-2H3. The minimum atomic E-state index is -0.352. The summed E-state index contributed by atoms with van der Waals surface area (Å²) in [6, 6.07) is 21.2. The van der Waals surface area contributed by atoms with Crippen LogP contribution in [0.25, 0.3) is 0 Å². The molecule has 1 atom stereocenters. The number of nitrogens with one attached hydrogen (secondary N) is 1. The zero-order chi connectivity index (χ0) is 20.1. The van der Waals surface area contributed by atoms with E-state index in [2.05, 4.69) is 43.4 Å². The first-order valence-electron chi connectivity index (χ1n) is 9.33. The van der Waals surface area contributed by atoms with Crippen molar-refractivity contribution in [1.29, 1.82) is 0 Å². The molecule has 3 aromatic carbocycles. The molecular formula is C24H23ClFNO. The molecule has 0 fully saturated rings. The Morgan fingerprint density at radius 1 is 0.964 bits per heavy atom. The summed E-state index contributed by atoms with van der Waals surface area (Å²) in [7, 11) is 0. The van der Waals surface area contributed by atoms with Crippen LogP contribution in [0.15, 0.2) is 72.8 Å². The minimum Gasteiger partial charge on any atom is -0.378 e. The van der Waals surface area contributed by atoms with Gasteiger partial charge in [-0.05, 0) is 59.5 Å². The van der Waals surface area contributed by atoms with Crippen molar-refractivity contribution >= 4 is 23.1 Å². The van der Waals surface area contributed by atoms with Crippen molar-refractivity contribution in [3.8, 4) is 0 Å². The lowest BCUT2D eigenvalue weighted by atomic mass is 9.95. The maximum absolute atomic E-state index is 13.2. The van der Waals surface area contributed by atoms with E-state index in [0.29, 0.717) is 16.5 Å². The van der Waals surface area contributed by atoms with Gasteiger partial charge in [0.2, 0.25) is 0 Å². The van der Waals surface area contributed by atoms with Gasteiger partial charge in [0.05, 0.1) is 6.04 Å². The van der Waals surface area contributed by atoms with E-state index in [9.17, 15) is 9.18 Å². The average molecular weight is 396 g/mol. The Hall–Kier alpha value is -2.65. The van der Waals surface area contributed by atoms with Crippen molar-refractivity contribution in [3.63, 3.8) is 0 Å². The van der Waals surface area contributed by atoms with Gasteiger partial charge in [-0.25, -0.2) is 4.39 Å². The molecule has 1 unspecified atom stereocenters. The third-order valence-electron chi connectivity index (χ3n) is 4.73. The Morgan fingerprint density at radius 3 is 2.21 bits per heavy atom. The number of Topliss-reactive ketones (excluding diaryl/α,β-unsaturated/α-hetero) is 1. The summed E-state index contributed by atoms with van der Waals surface area (Å²) >= 11 is 6.10. The monoisotopic (exact) mass is 395 g/mol. The van der Waals surface area contributed by atoms with Crippen molar-refractivity contribution in [2.24, 2.45) is 0 Å². The van der Waals surface area contributed by atoms with Gasteiger partial charge in [0.15, 0.2) is 5.78 Å². The van der Waals surface area contributed by atoms with E-state index < -0.39 is 0 Å². The molecule has 28 heavy (non-hydrogen) atoms. The number of hydrogen-bond donors (Lipinski definition) is 1. The Bertz CT molecular complexity index is 936. The van der Waals surface area contributed by atoms with Crippen molar-refractivity contribution in [2.45, 2.75) is 32.2 Å². The lowest BCUT2D eigenvalue weighted by molar-refractivity contribution is 0.0976. The first kappa shape index (κ1) is 20.1. The maximum atomic E-state index is 13.2. The number of hydrogen-bond acceptors (Lipinski definition) is 2. The molecule has 0 aliphatic rings. The molecule has 4 heteroatoms. The van der Waals surface area contributed by atoms with Crippen LogP contribution in [0, 0.1) is 5.82 Å². The number of halogens is 2. The molecule has 2 nitrogen and oxygen atoms in total. The molecule has 0 aromatic heterocycles. The molecule has 3 rings (SSSR count). The molecular weight excluding hydrogens is 373 g/mol. The summed E-state index contributed by atoms with van der Waals surface area (Å²) in [5.41, 5.74) is 3.60. The Balaban J connectivity index is 1.86. The zero-order valence-corrected chi connectivity index (χ0v) is 16.7. The number of carbonyl (C=O) groups is 1. The van der Waals surface area contributed by atoms with Crippen LogP contribution in [0.4, 0.5) is 10.1 Å². The van der Waals surface area contributed by atoms with E-state index in [1.807, 2.05) is 24.3 Å². The van der Waals surface area contributed by atoms with Gasteiger partial charge < -0.3 is 5.32 Å². The van der Waals surface area contributed by atoms with Crippen LogP contribution in [-0.4, -0.2) is 5.78 Å². The Labute approximate surface area is 170 Å². The van der Waals surface area contributed by atoms with Gasteiger partial charge in [-0.3, -0.25) is 4.79 Å². The van der Waals surface area contributed by atoms with Gasteiger partial charge in [0.25, 0.3) is 0 Å². The summed E-state index contributed by atoms with van der Waals surface area (Å²) in [6.07, 6.45) is 0.249. The number of benzene rings is 3. The highest BCUT2D eigenvalue weighted by Gasteiger charge is 2.18. The fourth-order valence-electron chi connectivity index (χ4n) is 3.08. The Kier molecular flexibility index (Phi) is 6.48. The SMILES string of the molecule is CC(C)c1ccc(C(CC(=O)c2ccc(F)cc2)Nc2cccc(Cl)c2)cc1. The molecule has 0 radical (unpaired) electrons. The van der Waals surface area contributed by atoms with E-state index in [1.165, 1.54) is 29.8 Å². The van der Waals surface area contributed by atoms with Crippen LogP contribution < -0.4 is 5.32 Å². The molecule has 0 bridgehead atoms. The minimum absolute atomic E-state index is 0.0486. The molecule has 0 aliphatic heterocycles. The summed E-state index contributed by atoms with van der Waals surface area (Å²) in [4.78, 5) is 12.8. The van der Waals surface area contributed by atoms with Crippen molar-refractivity contribution in [3.05, 3.63) is 100 Å². The van der Waals surface area contributed by atoms with Crippen LogP contribution in [0.3, 0.4) is 0 Å². The number of ketones is 1. The molecule has 1 N–H and O–H groups in total. The van der Waals surface area contributed by atoms with Gasteiger partial charge in [-0.2, -0.15) is 0 Å². The Morgan fingerprint density at radius 2 is 1.61 bits per heavy atom. The normalized spacial score (nSPS) is 12.0.